The lowest BCUT2D eigenvalue weighted by Crippen LogP contribution is -2.58. The zero-order chi connectivity index (χ0) is 20.1. The van der Waals surface area contributed by atoms with Crippen molar-refractivity contribution in [3.63, 3.8) is 0 Å². The van der Waals surface area contributed by atoms with Crippen molar-refractivity contribution in [3.8, 4) is 0 Å². The minimum Gasteiger partial charge on any atom is -0.408 e. The third-order valence-electron chi connectivity index (χ3n) is 6.20. The molecule has 0 radical (unpaired) electrons. The van der Waals surface area contributed by atoms with Gasteiger partial charge < -0.3 is 19.1 Å². The monoisotopic (exact) mass is 500 g/mol. The molecule has 2 N–H and O–H groups in total. The molecule has 1 rings (SSSR count). The van der Waals surface area contributed by atoms with Gasteiger partial charge in [-0.1, -0.05) is 41.5 Å². The molecule has 0 saturated heterocycles. The third-order valence-corrected chi connectivity index (χ3v) is 16.4. The van der Waals surface area contributed by atoms with Crippen LogP contribution in [-0.4, -0.2) is 51.3 Å². The molecule has 1 aliphatic rings. The molecule has 0 saturated carbocycles. The molecule has 25 heavy (non-hydrogen) atoms. The van der Waals surface area contributed by atoms with Gasteiger partial charge in [0.15, 0.2) is 16.6 Å². The molecular formula is C18H37IO4Si2. The number of hydrogen-bond acceptors (Lipinski definition) is 4. The Morgan fingerprint density at radius 2 is 1.40 bits per heavy atom. The number of rotatable bonds is 5. The molecule has 0 spiro atoms. The zero-order valence-electron chi connectivity index (χ0n) is 17.5. The minimum atomic E-state index is -2.14. The Morgan fingerprint density at radius 1 is 1.00 bits per heavy atom. The van der Waals surface area contributed by atoms with E-state index in [4.69, 9.17) is 8.85 Å². The van der Waals surface area contributed by atoms with Crippen LogP contribution in [0.3, 0.4) is 0 Å². The van der Waals surface area contributed by atoms with Crippen LogP contribution in [0.15, 0.2) is 9.66 Å². The van der Waals surface area contributed by atoms with Gasteiger partial charge in [0.05, 0.1) is 12.7 Å². The second-order valence-corrected chi connectivity index (χ2v) is 20.9. The Kier molecular flexibility index (Phi) is 6.94. The summed E-state index contributed by atoms with van der Waals surface area (Å²) in [6.07, 6.45) is 1.04. The van der Waals surface area contributed by atoms with Crippen molar-refractivity contribution in [2.45, 2.75) is 95.6 Å². The molecule has 0 aromatic rings. The largest absolute Gasteiger partial charge is 0.408 e. The van der Waals surface area contributed by atoms with Crippen molar-refractivity contribution in [2.24, 2.45) is 0 Å². The normalized spacial score (nSPS) is 29.1. The average molecular weight is 501 g/mol. The SMILES string of the molecule is CC(C)(C)[Si](C)(C)O[C@H]1C=C(I)[C@@](O)(CO)[C@@H]1O[Si](C)(C)C(C)(C)C. The van der Waals surface area contributed by atoms with Gasteiger partial charge >= 0.3 is 0 Å². The van der Waals surface area contributed by atoms with Crippen molar-refractivity contribution in [2.75, 3.05) is 6.61 Å². The van der Waals surface area contributed by atoms with E-state index in [-0.39, 0.29) is 22.8 Å². The first kappa shape index (κ1) is 23.8. The summed E-state index contributed by atoms with van der Waals surface area (Å²) in [6.45, 7) is 21.5. The molecule has 0 unspecified atom stereocenters. The van der Waals surface area contributed by atoms with E-state index in [2.05, 4.69) is 90.3 Å². The van der Waals surface area contributed by atoms with E-state index >= 15 is 0 Å². The van der Waals surface area contributed by atoms with Gasteiger partial charge in [-0.3, -0.25) is 0 Å². The predicted molar refractivity (Wildman–Crippen MR) is 118 cm³/mol. The molecular weight excluding hydrogens is 463 g/mol. The van der Waals surface area contributed by atoms with E-state index < -0.39 is 28.3 Å². The lowest BCUT2D eigenvalue weighted by Gasteiger charge is -2.45. The molecule has 0 fully saturated rings. The van der Waals surface area contributed by atoms with Gasteiger partial charge in [-0.05, 0) is 64.9 Å². The summed E-state index contributed by atoms with van der Waals surface area (Å²) in [5.41, 5.74) is -1.39. The van der Waals surface area contributed by atoms with Crippen molar-refractivity contribution in [1.82, 2.24) is 0 Å². The maximum Gasteiger partial charge on any atom is 0.193 e. The van der Waals surface area contributed by atoms with Crippen molar-refractivity contribution in [1.29, 1.82) is 0 Å². The van der Waals surface area contributed by atoms with Crippen LogP contribution < -0.4 is 0 Å². The van der Waals surface area contributed by atoms with Crippen LogP contribution in [0, 0.1) is 0 Å². The summed E-state index contributed by atoms with van der Waals surface area (Å²) in [6, 6.07) is 0. The highest BCUT2D eigenvalue weighted by Gasteiger charge is 2.55. The Hall–Kier alpha value is 0.744. The van der Waals surface area contributed by atoms with Gasteiger partial charge in [0.1, 0.15) is 11.7 Å². The maximum atomic E-state index is 11.1. The van der Waals surface area contributed by atoms with E-state index in [9.17, 15) is 10.2 Å². The van der Waals surface area contributed by atoms with Gasteiger partial charge in [-0.25, -0.2) is 0 Å². The zero-order valence-corrected chi connectivity index (χ0v) is 21.7. The molecule has 0 aromatic heterocycles. The highest BCUT2D eigenvalue weighted by molar-refractivity contribution is 14.1. The van der Waals surface area contributed by atoms with Gasteiger partial charge in [-0.15, -0.1) is 0 Å². The van der Waals surface area contributed by atoms with E-state index in [0.717, 1.165) is 0 Å². The van der Waals surface area contributed by atoms with Gasteiger partial charge in [0.25, 0.3) is 0 Å². The predicted octanol–water partition coefficient (Wildman–Crippen LogP) is 4.82. The molecule has 7 heteroatoms. The lowest BCUT2D eigenvalue weighted by atomic mass is 10.0. The Labute approximate surface area is 169 Å². The van der Waals surface area contributed by atoms with Gasteiger partial charge in [-0.2, -0.15) is 0 Å². The highest BCUT2D eigenvalue weighted by Crippen LogP contribution is 2.46. The third kappa shape index (κ3) is 4.78. The van der Waals surface area contributed by atoms with Crippen molar-refractivity contribution < 1.29 is 19.1 Å². The standard InChI is InChI=1S/C18H37IO4Si2/c1-16(2,3)24(7,8)22-13-11-14(19)18(21,12-20)15(13)23-25(9,10)17(4,5)6/h11,13,15,20-21H,12H2,1-10H3/t13-,15+,18-/m0/s1. The summed E-state index contributed by atoms with van der Waals surface area (Å²) in [5.74, 6) is 0. The van der Waals surface area contributed by atoms with Crippen LogP contribution in [0.2, 0.25) is 36.3 Å². The van der Waals surface area contributed by atoms with Crippen LogP contribution in [0.25, 0.3) is 0 Å². The van der Waals surface area contributed by atoms with Crippen LogP contribution in [-0.2, 0) is 8.85 Å². The lowest BCUT2D eigenvalue weighted by molar-refractivity contribution is -0.0860. The maximum absolute atomic E-state index is 11.1. The number of halogens is 1. The van der Waals surface area contributed by atoms with Gasteiger partial charge in [0, 0.05) is 3.58 Å². The quantitative estimate of drug-likeness (QED) is 0.420. The fraction of sp³-hybridized carbons (Fsp3) is 0.889. The summed E-state index contributed by atoms with van der Waals surface area (Å²) in [5, 5.41) is 21.1. The summed E-state index contributed by atoms with van der Waals surface area (Å²) >= 11 is 2.11. The first-order valence-corrected chi connectivity index (χ1v) is 15.9. The average Bonchev–Trinajstić information content (AvgIpc) is 2.60. The van der Waals surface area contributed by atoms with Crippen molar-refractivity contribution in [3.05, 3.63) is 9.66 Å². The molecule has 0 bridgehead atoms. The van der Waals surface area contributed by atoms with Crippen LogP contribution in [0.4, 0.5) is 0 Å². The number of hydrogen-bond donors (Lipinski definition) is 2. The van der Waals surface area contributed by atoms with Crippen LogP contribution in [0.1, 0.15) is 41.5 Å². The summed E-state index contributed by atoms with van der Waals surface area (Å²) < 4.78 is 13.9. The van der Waals surface area contributed by atoms with E-state index in [1.807, 2.05) is 6.08 Å². The highest BCUT2D eigenvalue weighted by atomic mass is 127. The molecule has 3 atom stereocenters. The molecule has 4 nitrogen and oxygen atoms in total. The Morgan fingerprint density at radius 3 is 1.76 bits per heavy atom. The number of aliphatic hydroxyl groups excluding tert-OH is 1. The molecule has 1 aliphatic carbocycles. The first-order valence-electron chi connectivity index (χ1n) is 8.96. The number of aliphatic hydroxyl groups is 2. The topological polar surface area (TPSA) is 58.9 Å². The molecule has 0 aliphatic heterocycles. The van der Waals surface area contributed by atoms with E-state index in [1.54, 1.807) is 0 Å². The summed E-state index contributed by atoms with van der Waals surface area (Å²) in [7, 11) is -4.18. The van der Waals surface area contributed by atoms with Gasteiger partial charge in [0.2, 0.25) is 0 Å². The molecule has 0 aromatic carbocycles. The van der Waals surface area contributed by atoms with Crippen LogP contribution >= 0.6 is 22.6 Å². The van der Waals surface area contributed by atoms with E-state index in [0.29, 0.717) is 3.58 Å². The second-order valence-electron chi connectivity index (χ2n) is 10.2. The molecule has 0 heterocycles. The second kappa shape index (κ2) is 7.29. The fourth-order valence-corrected chi connectivity index (χ4v) is 5.60. The first-order chi connectivity index (χ1) is 10.9. The van der Waals surface area contributed by atoms with E-state index in [1.165, 1.54) is 0 Å². The van der Waals surface area contributed by atoms with Crippen molar-refractivity contribution >= 4 is 39.2 Å². The Balaban J connectivity index is 3.23. The smallest absolute Gasteiger partial charge is 0.193 e. The van der Waals surface area contributed by atoms with Crippen LogP contribution in [0.5, 0.6) is 0 Å². The fourth-order valence-electron chi connectivity index (χ4n) is 2.22. The summed E-state index contributed by atoms with van der Waals surface area (Å²) in [4.78, 5) is 0. The molecule has 148 valence electrons. The molecule has 0 amide bonds. The minimum absolute atomic E-state index is 0.0128. The Bertz CT molecular complexity index is 520.